The van der Waals surface area contributed by atoms with Gasteiger partial charge in [-0.2, -0.15) is 0 Å². The first-order chi connectivity index (χ1) is 16.0. The number of carboxylic acid groups (broad SMARTS) is 1. The molecule has 168 valence electrons. The lowest BCUT2D eigenvalue weighted by atomic mass is 10.1. The van der Waals surface area contributed by atoms with Crippen LogP contribution in [0.1, 0.15) is 5.56 Å². The third kappa shape index (κ3) is 4.78. The molecule has 0 saturated carbocycles. The minimum absolute atomic E-state index is 0.131. The maximum atomic E-state index is 11.9. The molecule has 1 amide bonds. The van der Waals surface area contributed by atoms with Gasteiger partial charge in [0.1, 0.15) is 11.5 Å². The molecular weight excluding hydrogens is 444 g/mol. The van der Waals surface area contributed by atoms with E-state index in [0.717, 1.165) is 10.9 Å². The summed E-state index contributed by atoms with van der Waals surface area (Å²) in [5.74, 6) is 2.27. The van der Waals surface area contributed by atoms with Gasteiger partial charge in [-0.3, -0.25) is 9.88 Å². The summed E-state index contributed by atoms with van der Waals surface area (Å²) in [5, 5.41) is 11.0. The van der Waals surface area contributed by atoms with Crippen molar-refractivity contribution in [3.8, 4) is 23.0 Å². The molecule has 0 aliphatic heterocycles. The van der Waals surface area contributed by atoms with Crippen LogP contribution < -0.4 is 19.1 Å². The van der Waals surface area contributed by atoms with E-state index in [-0.39, 0.29) is 6.54 Å². The Bertz CT molecular complexity index is 1290. The maximum absolute atomic E-state index is 11.9. The highest BCUT2D eigenvalue weighted by Crippen LogP contribution is 2.37. The largest absolute Gasteiger partial charge is 0.493 e. The van der Waals surface area contributed by atoms with Gasteiger partial charge in [0.15, 0.2) is 11.5 Å². The minimum atomic E-state index is -1.08. The van der Waals surface area contributed by atoms with Crippen LogP contribution in [-0.4, -0.2) is 30.4 Å². The SMILES string of the molecule is COc1cc2nccc(Oc3ccc(N(Cc4ccccc4Cl)C(=O)O)cc3)c2cc1OC. The number of ether oxygens (including phenoxy) is 3. The zero-order valence-electron chi connectivity index (χ0n) is 18.0. The molecule has 0 spiro atoms. The third-order valence-corrected chi connectivity index (χ3v) is 5.47. The normalized spacial score (nSPS) is 10.6. The number of anilines is 1. The average Bonchev–Trinajstić information content (AvgIpc) is 2.83. The second kappa shape index (κ2) is 9.67. The Morgan fingerprint density at radius 2 is 1.67 bits per heavy atom. The van der Waals surface area contributed by atoms with Crippen LogP contribution in [0.4, 0.5) is 10.5 Å². The fourth-order valence-electron chi connectivity index (χ4n) is 3.42. The van der Waals surface area contributed by atoms with Crippen molar-refractivity contribution >= 4 is 34.3 Å². The van der Waals surface area contributed by atoms with Crippen LogP contribution in [0.5, 0.6) is 23.0 Å². The molecule has 1 N–H and O–H groups in total. The topological polar surface area (TPSA) is 81.1 Å². The molecule has 8 heteroatoms. The van der Waals surface area contributed by atoms with Crippen LogP contribution in [0.3, 0.4) is 0 Å². The molecule has 0 unspecified atom stereocenters. The summed E-state index contributed by atoms with van der Waals surface area (Å²) in [6, 6.07) is 19.3. The van der Waals surface area contributed by atoms with Crippen molar-refractivity contribution < 1.29 is 24.1 Å². The summed E-state index contributed by atoms with van der Waals surface area (Å²) in [7, 11) is 3.13. The number of hydrogen-bond acceptors (Lipinski definition) is 5. The number of hydrogen-bond donors (Lipinski definition) is 1. The van der Waals surface area contributed by atoms with E-state index in [1.54, 1.807) is 81.1 Å². The van der Waals surface area contributed by atoms with E-state index >= 15 is 0 Å². The lowest BCUT2D eigenvalue weighted by Gasteiger charge is -2.20. The smallest absolute Gasteiger partial charge is 0.412 e. The Hall–Kier alpha value is -3.97. The molecule has 33 heavy (non-hydrogen) atoms. The van der Waals surface area contributed by atoms with Crippen molar-refractivity contribution in [1.82, 2.24) is 4.98 Å². The van der Waals surface area contributed by atoms with Gasteiger partial charge in [-0.25, -0.2) is 4.79 Å². The number of rotatable bonds is 7. The van der Waals surface area contributed by atoms with Gasteiger partial charge in [0.2, 0.25) is 0 Å². The Morgan fingerprint density at radius 3 is 2.33 bits per heavy atom. The second-order valence-electron chi connectivity index (χ2n) is 7.09. The van der Waals surface area contributed by atoms with E-state index in [2.05, 4.69) is 4.98 Å². The fourth-order valence-corrected chi connectivity index (χ4v) is 3.62. The molecule has 0 bridgehead atoms. The molecule has 0 atom stereocenters. The summed E-state index contributed by atoms with van der Waals surface area (Å²) in [6.45, 7) is 0.131. The molecule has 0 aliphatic carbocycles. The van der Waals surface area contributed by atoms with Crippen LogP contribution >= 0.6 is 11.6 Å². The van der Waals surface area contributed by atoms with E-state index in [4.69, 9.17) is 25.8 Å². The number of aromatic nitrogens is 1. The van der Waals surface area contributed by atoms with Crippen LogP contribution in [0, 0.1) is 0 Å². The highest BCUT2D eigenvalue weighted by Gasteiger charge is 2.17. The van der Waals surface area contributed by atoms with Gasteiger partial charge in [0, 0.05) is 28.4 Å². The van der Waals surface area contributed by atoms with Crippen LogP contribution in [0.2, 0.25) is 5.02 Å². The predicted molar refractivity (Wildman–Crippen MR) is 127 cm³/mol. The standard InChI is InChI=1S/C25H21ClN2O5/c1-31-23-13-19-21(14-24(23)32-2)27-12-11-22(19)33-18-9-7-17(8-10-18)28(25(29)30)15-16-5-3-4-6-20(16)26/h3-14H,15H2,1-2H3,(H,29,30). The molecule has 0 fully saturated rings. The van der Waals surface area contributed by atoms with E-state index in [9.17, 15) is 9.90 Å². The number of halogens is 1. The van der Waals surface area contributed by atoms with Gasteiger partial charge < -0.3 is 19.3 Å². The summed E-state index contributed by atoms with van der Waals surface area (Å²) in [5.41, 5.74) is 1.91. The molecular formula is C25H21ClN2O5. The zero-order chi connectivity index (χ0) is 23.4. The van der Waals surface area contributed by atoms with Gasteiger partial charge >= 0.3 is 6.09 Å². The Balaban J connectivity index is 1.60. The molecule has 3 aromatic carbocycles. The lowest BCUT2D eigenvalue weighted by Crippen LogP contribution is -2.28. The number of methoxy groups -OCH3 is 2. The second-order valence-corrected chi connectivity index (χ2v) is 7.50. The van der Waals surface area contributed by atoms with Crippen molar-refractivity contribution in [2.45, 2.75) is 6.54 Å². The Morgan fingerprint density at radius 1 is 0.970 bits per heavy atom. The highest BCUT2D eigenvalue weighted by molar-refractivity contribution is 6.31. The number of carbonyl (C=O) groups is 1. The van der Waals surface area contributed by atoms with Crippen molar-refractivity contribution in [2.75, 3.05) is 19.1 Å². The van der Waals surface area contributed by atoms with E-state index in [1.165, 1.54) is 4.90 Å². The molecule has 0 saturated heterocycles. The van der Waals surface area contributed by atoms with Crippen molar-refractivity contribution in [3.63, 3.8) is 0 Å². The van der Waals surface area contributed by atoms with E-state index in [0.29, 0.717) is 39.2 Å². The van der Waals surface area contributed by atoms with Gasteiger partial charge in [0.25, 0.3) is 0 Å². The van der Waals surface area contributed by atoms with Crippen molar-refractivity contribution in [3.05, 3.63) is 83.5 Å². The fraction of sp³-hybridized carbons (Fsp3) is 0.120. The maximum Gasteiger partial charge on any atom is 0.412 e. The summed E-state index contributed by atoms with van der Waals surface area (Å²) < 4.78 is 16.8. The molecule has 4 aromatic rings. The number of pyridine rings is 1. The third-order valence-electron chi connectivity index (χ3n) is 5.10. The number of nitrogens with zero attached hydrogens (tertiary/aromatic N) is 2. The van der Waals surface area contributed by atoms with Crippen molar-refractivity contribution in [1.29, 1.82) is 0 Å². The quantitative estimate of drug-likeness (QED) is 0.341. The lowest BCUT2D eigenvalue weighted by molar-refractivity contribution is 0.201. The molecule has 1 heterocycles. The first-order valence-electron chi connectivity index (χ1n) is 10.0. The summed E-state index contributed by atoms with van der Waals surface area (Å²) in [4.78, 5) is 17.5. The number of amides is 1. The van der Waals surface area contributed by atoms with Gasteiger partial charge in [-0.15, -0.1) is 0 Å². The van der Waals surface area contributed by atoms with Crippen LogP contribution in [0.25, 0.3) is 10.9 Å². The predicted octanol–water partition coefficient (Wildman–Crippen LogP) is 6.38. The van der Waals surface area contributed by atoms with Gasteiger partial charge in [0.05, 0.1) is 26.3 Å². The Kier molecular flexibility index (Phi) is 6.51. The number of benzene rings is 3. The first-order valence-corrected chi connectivity index (χ1v) is 10.4. The molecule has 1 aromatic heterocycles. The number of fused-ring (bicyclic) bond motifs is 1. The van der Waals surface area contributed by atoms with E-state index < -0.39 is 6.09 Å². The molecule has 0 radical (unpaired) electrons. The van der Waals surface area contributed by atoms with Crippen LogP contribution in [-0.2, 0) is 6.54 Å². The summed E-state index contributed by atoms with van der Waals surface area (Å²) >= 11 is 6.20. The minimum Gasteiger partial charge on any atom is -0.493 e. The van der Waals surface area contributed by atoms with Gasteiger partial charge in [-0.1, -0.05) is 29.8 Å². The highest BCUT2D eigenvalue weighted by atomic mass is 35.5. The average molecular weight is 465 g/mol. The van der Waals surface area contributed by atoms with Crippen molar-refractivity contribution in [2.24, 2.45) is 0 Å². The van der Waals surface area contributed by atoms with Crippen LogP contribution in [0.15, 0.2) is 72.9 Å². The van der Waals surface area contributed by atoms with E-state index in [1.807, 2.05) is 6.07 Å². The Labute approximate surface area is 195 Å². The summed E-state index contributed by atoms with van der Waals surface area (Å²) in [6.07, 6.45) is 0.568. The molecule has 0 aliphatic rings. The molecule has 7 nitrogen and oxygen atoms in total. The van der Waals surface area contributed by atoms with Gasteiger partial charge in [-0.05, 0) is 48.0 Å². The monoisotopic (exact) mass is 464 g/mol. The first kappa shape index (κ1) is 22.2. The zero-order valence-corrected chi connectivity index (χ0v) is 18.7. The molecule has 4 rings (SSSR count).